The van der Waals surface area contributed by atoms with Crippen molar-refractivity contribution in [1.29, 1.82) is 0 Å². The molecule has 44 valence electrons. The Labute approximate surface area is 141 Å². The first-order chi connectivity index (χ1) is 2.94. The minimum absolute atomic E-state index is 0. The van der Waals surface area contributed by atoms with E-state index in [1.54, 1.807) is 0 Å². The molecule has 0 aromatic rings. The zero-order valence-corrected chi connectivity index (χ0v) is 13.4. The zero-order valence-electron chi connectivity index (χ0n) is 6.25. The Morgan fingerprint density at radius 1 is 1.00 bits per heavy atom. The Kier molecular flexibility index (Phi) is 16.7. The van der Waals surface area contributed by atoms with Gasteiger partial charge < -0.3 is 14.7 Å². The van der Waals surface area contributed by atoms with E-state index in [0.717, 1.165) is 0 Å². The van der Waals surface area contributed by atoms with E-state index in [2.05, 4.69) is 0 Å². The first kappa shape index (κ1) is 18.4. The summed E-state index contributed by atoms with van der Waals surface area (Å²) in [5, 5.41) is 0. The molecule has 0 atom stereocenters. The molecule has 0 radical (unpaired) electrons. The van der Waals surface area contributed by atoms with Gasteiger partial charge in [0, 0.05) is 5.66 Å². The van der Waals surface area contributed by atoms with Crippen LogP contribution in [-0.2, 0) is 0 Å². The molecule has 0 unspecified atom stereocenters. The molecule has 0 N–H and O–H groups in total. The van der Waals surface area contributed by atoms with Crippen LogP contribution in [0.1, 0.15) is 13.8 Å². The van der Waals surface area contributed by atoms with E-state index < -0.39 is 13.6 Å². The SMILES string of the molecule is CC(C)[P+]([O-])([O-])[O-].[K+].[K+]. The van der Waals surface area contributed by atoms with Crippen LogP contribution in [0.25, 0.3) is 0 Å². The molecule has 0 fully saturated rings. The Balaban J connectivity index is -0.000000180. The summed E-state index contributed by atoms with van der Waals surface area (Å²) >= 11 is 0. The molecular weight excluding hydrogens is 193 g/mol. The Morgan fingerprint density at radius 2 is 1.11 bits per heavy atom. The van der Waals surface area contributed by atoms with Crippen LogP contribution >= 0.6 is 7.94 Å². The van der Waals surface area contributed by atoms with Crippen molar-refractivity contribution in [2.45, 2.75) is 19.5 Å². The van der Waals surface area contributed by atoms with Gasteiger partial charge in [-0.1, -0.05) is 0 Å². The first-order valence-electron chi connectivity index (χ1n) is 1.96. The molecule has 0 bridgehead atoms. The van der Waals surface area contributed by atoms with Gasteiger partial charge in [-0.3, -0.25) is 0 Å². The minimum Gasteiger partial charge on any atom is -0.687 e. The third-order valence-electron chi connectivity index (χ3n) is 0.632. The topological polar surface area (TPSA) is 69.2 Å². The molecule has 0 aromatic carbocycles. The van der Waals surface area contributed by atoms with Crippen LogP contribution < -0.4 is 117 Å². The molecule has 9 heavy (non-hydrogen) atoms. The van der Waals surface area contributed by atoms with Gasteiger partial charge in [-0.15, -0.1) is 0 Å². The molecule has 0 heterocycles. The third-order valence-corrected chi connectivity index (χ3v) is 1.90. The van der Waals surface area contributed by atoms with Gasteiger partial charge in [0.2, 0.25) is 0 Å². The normalized spacial score (nSPS) is 10.0. The van der Waals surface area contributed by atoms with Crippen LogP contribution in [0.3, 0.4) is 0 Å². The maximum atomic E-state index is 9.80. The monoisotopic (exact) mass is 200 g/mol. The second kappa shape index (κ2) is 8.19. The minimum atomic E-state index is -4.24. The van der Waals surface area contributed by atoms with Crippen molar-refractivity contribution in [1.82, 2.24) is 0 Å². The quantitative estimate of drug-likeness (QED) is 0.312. The molecule has 0 amide bonds. The Bertz CT molecular complexity index is 62.6. The van der Waals surface area contributed by atoms with Crippen LogP contribution in [0.4, 0.5) is 0 Å². The zero-order chi connectivity index (χ0) is 6.08. The molecule has 3 nitrogen and oxygen atoms in total. The van der Waals surface area contributed by atoms with Gasteiger partial charge in [-0.2, -0.15) is 7.94 Å². The molecule has 0 aliphatic rings. The van der Waals surface area contributed by atoms with Crippen LogP contribution in [-0.4, -0.2) is 5.66 Å². The van der Waals surface area contributed by atoms with Crippen molar-refractivity contribution < 1.29 is 117 Å². The first-order valence-corrected chi connectivity index (χ1v) is 3.57. The third kappa shape index (κ3) is 11.6. The average Bonchev–Trinajstić information content (AvgIpc) is 1.31. The summed E-state index contributed by atoms with van der Waals surface area (Å²) in [5.74, 6) is 0. The van der Waals surface area contributed by atoms with Crippen molar-refractivity contribution in [3.05, 3.63) is 0 Å². The van der Waals surface area contributed by atoms with Gasteiger partial charge in [0.1, 0.15) is 0 Å². The van der Waals surface area contributed by atoms with Gasteiger partial charge in [0.25, 0.3) is 0 Å². The van der Waals surface area contributed by atoms with E-state index in [-0.39, 0.29) is 103 Å². The second-order valence-electron chi connectivity index (χ2n) is 1.63. The van der Waals surface area contributed by atoms with Crippen molar-refractivity contribution >= 4 is 7.94 Å². The Morgan fingerprint density at radius 3 is 1.11 bits per heavy atom. The van der Waals surface area contributed by atoms with Gasteiger partial charge in [0.05, 0.1) is 0 Å². The summed E-state index contributed by atoms with van der Waals surface area (Å²) in [4.78, 5) is 29.4. The molecule has 0 spiro atoms. The molecule has 0 rings (SSSR count). The maximum Gasteiger partial charge on any atom is 1.00 e. The molecular formula is C3H7K2O3P. The van der Waals surface area contributed by atoms with Crippen molar-refractivity contribution in [2.24, 2.45) is 0 Å². The van der Waals surface area contributed by atoms with E-state index in [4.69, 9.17) is 0 Å². The fourth-order valence-corrected chi connectivity index (χ4v) is 0. The van der Waals surface area contributed by atoms with Crippen LogP contribution in [0.5, 0.6) is 0 Å². The Hall–Kier alpha value is 3.58. The predicted molar refractivity (Wildman–Crippen MR) is 22.1 cm³/mol. The molecule has 0 saturated heterocycles. The summed E-state index contributed by atoms with van der Waals surface area (Å²) in [7, 11) is -4.24. The number of rotatable bonds is 1. The van der Waals surface area contributed by atoms with E-state index in [1.165, 1.54) is 13.8 Å². The van der Waals surface area contributed by atoms with E-state index in [9.17, 15) is 14.7 Å². The van der Waals surface area contributed by atoms with E-state index in [1.807, 2.05) is 0 Å². The summed E-state index contributed by atoms with van der Waals surface area (Å²) in [6, 6.07) is 0. The van der Waals surface area contributed by atoms with Crippen LogP contribution in [0.2, 0.25) is 0 Å². The maximum absolute atomic E-state index is 9.80. The molecule has 6 heteroatoms. The summed E-state index contributed by atoms with van der Waals surface area (Å²) in [6.07, 6.45) is 0. The van der Waals surface area contributed by atoms with E-state index in [0.29, 0.717) is 0 Å². The second-order valence-corrected chi connectivity index (χ2v) is 3.75. The predicted octanol–water partition coefficient (Wildman–Crippen LogP) is -7.75. The van der Waals surface area contributed by atoms with Crippen LogP contribution in [0.15, 0.2) is 0 Å². The fourth-order valence-electron chi connectivity index (χ4n) is 0. The number of hydrogen-bond acceptors (Lipinski definition) is 3. The smallest absolute Gasteiger partial charge is 0.687 e. The standard InChI is InChI=1S/C3H9O3P.2K/c1-3(2)7(4,5)6;;/h3H,1-2H3,(H2,4,5,6);;/q;2*+1/p-2. The summed E-state index contributed by atoms with van der Waals surface area (Å²) < 4.78 is 0. The van der Waals surface area contributed by atoms with E-state index >= 15 is 0 Å². The van der Waals surface area contributed by atoms with Crippen molar-refractivity contribution in [3.8, 4) is 0 Å². The summed E-state index contributed by atoms with van der Waals surface area (Å²) in [6.45, 7) is 2.72. The van der Waals surface area contributed by atoms with Gasteiger partial charge in [-0.25, -0.2) is 0 Å². The summed E-state index contributed by atoms with van der Waals surface area (Å²) in [5.41, 5.74) is -0.757. The number of hydrogen-bond donors (Lipinski definition) is 0. The van der Waals surface area contributed by atoms with Gasteiger partial charge >= 0.3 is 103 Å². The fraction of sp³-hybridized carbons (Fsp3) is 1.00. The van der Waals surface area contributed by atoms with Crippen molar-refractivity contribution in [3.63, 3.8) is 0 Å². The van der Waals surface area contributed by atoms with Gasteiger partial charge in [-0.05, 0) is 13.8 Å². The average molecular weight is 200 g/mol. The van der Waals surface area contributed by atoms with Gasteiger partial charge in [0.15, 0.2) is 0 Å². The largest absolute Gasteiger partial charge is 1.00 e. The molecule has 0 aliphatic heterocycles. The van der Waals surface area contributed by atoms with Crippen molar-refractivity contribution in [2.75, 3.05) is 0 Å². The molecule has 0 aromatic heterocycles. The molecule has 0 aliphatic carbocycles. The molecule has 0 saturated carbocycles. The van der Waals surface area contributed by atoms with Crippen LogP contribution in [0, 0.1) is 0 Å².